The molecule has 0 aliphatic heterocycles. The van der Waals surface area contributed by atoms with Crippen LogP contribution in [0.5, 0.6) is 5.75 Å². The summed E-state index contributed by atoms with van der Waals surface area (Å²) < 4.78 is 5.39. The number of carbonyl (C=O) groups is 1. The average Bonchev–Trinajstić information content (AvgIpc) is 2.95. The molecule has 0 spiro atoms. The molecule has 1 N–H and O–H groups in total. The van der Waals surface area contributed by atoms with E-state index >= 15 is 0 Å². The molecule has 2 aromatic rings. The van der Waals surface area contributed by atoms with E-state index in [1.54, 1.807) is 7.11 Å². The molecule has 0 saturated heterocycles. The molecule has 0 saturated carbocycles. The summed E-state index contributed by atoms with van der Waals surface area (Å²) in [5, 5.41) is 5.47. The van der Waals surface area contributed by atoms with Crippen molar-refractivity contribution in [2.24, 2.45) is 5.92 Å². The highest BCUT2D eigenvalue weighted by Gasteiger charge is 2.15. The molecule has 1 atom stereocenters. The van der Waals surface area contributed by atoms with Crippen LogP contribution in [0.1, 0.15) is 32.3 Å². The lowest BCUT2D eigenvalue weighted by Crippen LogP contribution is -2.20. The lowest BCUT2D eigenvalue weighted by atomic mass is 10.1. The molecule has 2 rings (SSSR count). The van der Waals surface area contributed by atoms with Crippen LogP contribution >= 0.6 is 11.3 Å². The van der Waals surface area contributed by atoms with Crippen LogP contribution < -0.4 is 10.1 Å². The van der Waals surface area contributed by atoms with E-state index < -0.39 is 0 Å². The quantitative estimate of drug-likeness (QED) is 0.853. The third kappa shape index (κ3) is 3.85. The molecule has 0 aliphatic carbocycles. The van der Waals surface area contributed by atoms with Gasteiger partial charge in [0.1, 0.15) is 5.75 Å². The molecule has 22 heavy (non-hydrogen) atoms. The van der Waals surface area contributed by atoms with Crippen LogP contribution in [0.25, 0.3) is 11.3 Å². The van der Waals surface area contributed by atoms with Gasteiger partial charge in [-0.1, -0.05) is 31.9 Å². The summed E-state index contributed by atoms with van der Waals surface area (Å²) in [6.07, 6.45) is 1.88. The molecule has 0 fully saturated rings. The number of rotatable bonds is 6. The first kappa shape index (κ1) is 16.5. The first-order chi connectivity index (χ1) is 10.5. The van der Waals surface area contributed by atoms with E-state index in [9.17, 15) is 4.79 Å². The van der Waals surface area contributed by atoms with E-state index in [2.05, 4.69) is 17.2 Å². The summed E-state index contributed by atoms with van der Waals surface area (Å²) in [7, 11) is 1.65. The van der Waals surface area contributed by atoms with Gasteiger partial charge in [0.2, 0.25) is 5.91 Å². The van der Waals surface area contributed by atoms with E-state index in [0.717, 1.165) is 35.4 Å². The number of anilines is 1. The normalized spacial score (nSPS) is 12.0. The molecule has 1 amide bonds. The topological polar surface area (TPSA) is 51.2 Å². The fourth-order valence-electron chi connectivity index (χ4n) is 2.27. The molecule has 0 radical (unpaired) electrons. The van der Waals surface area contributed by atoms with Gasteiger partial charge in [0, 0.05) is 16.9 Å². The number of amides is 1. The van der Waals surface area contributed by atoms with Crippen LogP contribution in [0.2, 0.25) is 0 Å². The van der Waals surface area contributed by atoms with Crippen molar-refractivity contribution >= 4 is 22.4 Å². The number of hydrogen-bond acceptors (Lipinski definition) is 4. The summed E-state index contributed by atoms with van der Waals surface area (Å²) >= 11 is 1.43. The van der Waals surface area contributed by atoms with E-state index in [1.165, 1.54) is 11.3 Å². The second kappa shape index (κ2) is 7.40. The van der Waals surface area contributed by atoms with Crippen molar-refractivity contribution in [3.63, 3.8) is 0 Å². The first-order valence-electron chi connectivity index (χ1n) is 7.46. The van der Waals surface area contributed by atoms with E-state index in [1.807, 2.05) is 37.4 Å². The van der Waals surface area contributed by atoms with Gasteiger partial charge in [-0.25, -0.2) is 4.98 Å². The number of ether oxygens (including phenoxy) is 1. The molecule has 1 aromatic carbocycles. The van der Waals surface area contributed by atoms with Crippen molar-refractivity contribution in [3.05, 3.63) is 29.1 Å². The summed E-state index contributed by atoms with van der Waals surface area (Å²) in [5.41, 5.74) is 2.91. The van der Waals surface area contributed by atoms with E-state index in [-0.39, 0.29) is 11.8 Å². The van der Waals surface area contributed by atoms with Crippen molar-refractivity contribution in [2.75, 3.05) is 12.4 Å². The Morgan fingerprint density at radius 1 is 1.45 bits per heavy atom. The van der Waals surface area contributed by atoms with Gasteiger partial charge in [0.25, 0.3) is 0 Å². The number of nitrogens with zero attached hydrogens (tertiary/aromatic N) is 1. The summed E-state index contributed by atoms with van der Waals surface area (Å²) in [4.78, 5) is 16.6. The number of benzene rings is 1. The average molecular weight is 318 g/mol. The highest BCUT2D eigenvalue weighted by atomic mass is 32.1. The van der Waals surface area contributed by atoms with Gasteiger partial charge in [0.15, 0.2) is 5.13 Å². The Hall–Kier alpha value is -1.88. The highest BCUT2D eigenvalue weighted by Crippen LogP contribution is 2.33. The van der Waals surface area contributed by atoms with Crippen molar-refractivity contribution in [3.8, 4) is 17.0 Å². The molecule has 1 aromatic heterocycles. The lowest BCUT2D eigenvalue weighted by Gasteiger charge is -2.09. The fraction of sp³-hybridized carbons (Fsp3) is 0.412. The molecule has 0 bridgehead atoms. The highest BCUT2D eigenvalue weighted by molar-refractivity contribution is 7.14. The number of aromatic nitrogens is 1. The van der Waals surface area contributed by atoms with Gasteiger partial charge >= 0.3 is 0 Å². The summed E-state index contributed by atoms with van der Waals surface area (Å²) in [5.74, 6) is 0.818. The van der Waals surface area contributed by atoms with Gasteiger partial charge < -0.3 is 10.1 Å². The van der Waals surface area contributed by atoms with Gasteiger partial charge in [-0.3, -0.25) is 4.79 Å². The number of thiazole rings is 1. The third-order valence-corrected chi connectivity index (χ3v) is 4.29. The maximum atomic E-state index is 12.1. The smallest absolute Gasteiger partial charge is 0.228 e. The Kier molecular flexibility index (Phi) is 5.55. The van der Waals surface area contributed by atoms with Crippen molar-refractivity contribution in [1.82, 2.24) is 4.98 Å². The van der Waals surface area contributed by atoms with Crippen molar-refractivity contribution in [1.29, 1.82) is 0 Å². The van der Waals surface area contributed by atoms with Gasteiger partial charge in [0.05, 0.1) is 12.8 Å². The summed E-state index contributed by atoms with van der Waals surface area (Å²) in [6.45, 7) is 6.05. The van der Waals surface area contributed by atoms with E-state index in [0.29, 0.717) is 5.13 Å². The van der Waals surface area contributed by atoms with E-state index in [4.69, 9.17) is 4.74 Å². The zero-order chi connectivity index (χ0) is 16.1. The molecule has 4 nitrogen and oxygen atoms in total. The van der Waals surface area contributed by atoms with Crippen molar-refractivity contribution in [2.45, 2.75) is 33.6 Å². The Balaban J connectivity index is 2.18. The lowest BCUT2D eigenvalue weighted by molar-refractivity contribution is -0.119. The Bertz CT molecular complexity index is 652. The van der Waals surface area contributed by atoms with Crippen LogP contribution in [0.15, 0.2) is 23.6 Å². The molecule has 1 heterocycles. The maximum absolute atomic E-state index is 12.1. The Labute approximate surface area is 135 Å². The predicted octanol–water partition coefficient (Wildman–Crippen LogP) is 4.50. The minimum Gasteiger partial charge on any atom is -0.496 e. The molecule has 1 unspecified atom stereocenters. The number of aryl methyl sites for hydroxylation is 1. The minimum absolute atomic E-state index is 0.00542. The van der Waals surface area contributed by atoms with Crippen molar-refractivity contribution < 1.29 is 9.53 Å². The fourth-order valence-corrected chi connectivity index (χ4v) is 2.98. The van der Waals surface area contributed by atoms with Gasteiger partial charge in [-0.2, -0.15) is 0 Å². The standard InChI is InChI=1S/C17H22N2O2S/c1-5-6-12(3)16(20)19-17-18-14(10-22-17)13-9-11(2)7-8-15(13)21-4/h7-10,12H,5-6H2,1-4H3,(H,18,19,20). The van der Waals surface area contributed by atoms with Crippen LogP contribution in [-0.4, -0.2) is 18.0 Å². The van der Waals surface area contributed by atoms with Crippen LogP contribution in [-0.2, 0) is 4.79 Å². The zero-order valence-electron chi connectivity index (χ0n) is 13.5. The Morgan fingerprint density at radius 3 is 2.91 bits per heavy atom. The number of nitrogens with one attached hydrogen (secondary N) is 1. The third-order valence-electron chi connectivity index (χ3n) is 3.53. The molecule has 0 aliphatic rings. The SMILES string of the molecule is CCCC(C)C(=O)Nc1nc(-c2cc(C)ccc2OC)cs1. The maximum Gasteiger partial charge on any atom is 0.228 e. The number of hydrogen-bond donors (Lipinski definition) is 1. The molecule has 118 valence electrons. The second-order valence-electron chi connectivity index (χ2n) is 5.42. The second-order valence-corrected chi connectivity index (χ2v) is 6.28. The van der Waals surface area contributed by atoms with Gasteiger partial charge in [-0.05, 0) is 25.5 Å². The van der Waals surface area contributed by atoms with Crippen LogP contribution in [0.3, 0.4) is 0 Å². The number of carbonyl (C=O) groups excluding carboxylic acids is 1. The van der Waals surface area contributed by atoms with Gasteiger partial charge in [-0.15, -0.1) is 11.3 Å². The predicted molar refractivity (Wildman–Crippen MR) is 91.5 cm³/mol. The molecule has 5 heteroatoms. The zero-order valence-corrected chi connectivity index (χ0v) is 14.3. The van der Waals surface area contributed by atoms with Crippen LogP contribution in [0, 0.1) is 12.8 Å². The largest absolute Gasteiger partial charge is 0.496 e. The number of methoxy groups -OCH3 is 1. The summed E-state index contributed by atoms with van der Waals surface area (Å²) in [6, 6.07) is 5.98. The molecular weight excluding hydrogens is 296 g/mol. The monoisotopic (exact) mass is 318 g/mol. The minimum atomic E-state index is 0.00542. The molecular formula is C17H22N2O2S. The first-order valence-corrected chi connectivity index (χ1v) is 8.34. The Morgan fingerprint density at radius 2 is 2.23 bits per heavy atom. The van der Waals surface area contributed by atoms with Crippen LogP contribution in [0.4, 0.5) is 5.13 Å².